The number of rotatable bonds is 5. The fourth-order valence-electron chi connectivity index (χ4n) is 1.53. The van der Waals surface area contributed by atoms with Crippen molar-refractivity contribution in [2.45, 2.75) is 26.2 Å². The van der Waals surface area contributed by atoms with Crippen LogP contribution in [0.25, 0.3) is 0 Å². The lowest BCUT2D eigenvalue weighted by Crippen LogP contribution is -2.33. The molecular formula is C12H18N2O. The smallest absolute Gasteiger partial charge is 0.234 e. The topological polar surface area (TPSA) is 41.1 Å². The molecule has 2 N–H and O–H groups in total. The number of aryl methyl sites for hydroxylation is 2. The molecule has 1 amide bonds. The van der Waals surface area contributed by atoms with Crippen molar-refractivity contribution < 1.29 is 4.79 Å². The first kappa shape index (κ1) is 11.7. The van der Waals surface area contributed by atoms with E-state index in [4.69, 9.17) is 0 Å². The zero-order chi connectivity index (χ0) is 11.1. The highest BCUT2D eigenvalue weighted by Gasteiger charge is 2.01. The fraction of sp³-hybridized carbons (Fsp3) is 0.417. The number of amides is 1. The summed E-state index contributed by atoms with van der Waals surface area (Å²) in [6.45, 7) is 2.10. The van der Waals surface area contributed by atoms with Crippen molar-refractivity contribution in [2.75, 3.05) is 7.05 Å². The van der Waals surface area contributed by atoms with Crippen LogP contribution in [0.2, 0.25) is 0 Å². The maximum Gasteiger partial charge on any atom is 0.234 e. The van der Waals surface area contributed by atoms with Crippen molar-refractivity contribution in [3.05, 3.63) is 35.4 Å². The monoisotopic (exact) mass is 206 g/mol. The van der Waals surface area contributed by atoms with Gasteiger partial charge in [0.2, 0.25) is 5.91 Å². The fourth-order valence-corrected chi connectivity index (χ4v) is 1.53. The van der Waals surface area contributed by atoms with Crippen molar-refractivity contribution in [2.24, 2.45) is 0 Å². The maximum absolute atomic E-state index is 11.1. The minimum atomic E-state index is 0.0473. The predicted molar refractivity (Wildman–Crippen MR) is 61.3 cm³/mol. The average Bonchev–Trinajstić information content (AvgIpc) is 2.21. The molecule has 0 aromatic heterocycles. The molecule has 3 nitrogen and oxygen atoms in total. The van der Waals surface area contributed by atoms with Crippen molar-refractivity contribution in [1.29, 1.82) is 0 Å². The summed E-state index contributed by atoms with van der Waals surface area (Å²) in [5, 5.41) is 0. The molecule has 0 aliphatic heterocycles. The largest absolute Gasteiger partial charge is 0.292 e. The van der Waals surface area contributed by atoms with E-state index in [0.717, 1.165) is 12.8 Å². The van der Waals surface area contributed by atoms with E-state index >= 15 is 0 Å². The van der Waals surface area contributed by atoms with Crippen LogP contribution in [0.3, 0.4) is 0 Å². The molecule has 0 saturated heterocycles. The first-order chi connectivity index (χ1) is 7.24. The molecule has 0 aliphatic carbocycles. The van der Waals surface area contributed by atoms with Crippen molar-refractivity contribution in [1.82, 2.24) is 10.9 Å². The van der Waals surface area contributed by atoms with E-state index in [-0.39, 0.29) is 5.91 Å². The SMILES string of the molecule is CNNC(=O)CCCc1ccccc1C. The molecule has 0 heterocycles. The van der Waals surface area contributed by atoms with Gasteiger partial charge < -0.3 is 0 Å². The lowest BCUT2D eigenvalue weighted by molar-refractivity contribution is -0.122. The quantitative estimate of drug-likeness (QED) is 0.718. The van der Waals surface area contributed by atoms with Gasteiger partial charge in [0.05, 0.1) is 0 Å². The van der Waals surface area contributed by atoms with Gasteiger partial charge in [-0.3, -0.25) is 10.2 Å². The number of hydrogen-bond acceptors (Lipinski definition) is 2. The Hall–Kier alpha value is -1.35. The highest BCUT2D eigenvalue weighted by Crippen LogP contribution is 2.10. The van der Waals surface area contributed by atoms with Gasteiger partial charge in [-0.2, -0.15) is 0 Å². The van der Waals surface area contributed by atoms with Crippen LogP contribution in [-0.4, -0.2) is 13.0 Å². The predicted octanol–water partition coefficient (Wildman–Crippen LogP) is 1.57. The van der Waals surface area contributed by atoms with E-state index in [9.17, 15) is 4.79 Å². The highest BCUT2D eigenvalue weighted by atomic mass is 16.2. The summed E-state index contributed by atoms with van der Waals surface area (Å²) < 4.78 is 0. The van der Waals surface area contributed by atoms with Crippen molar-refractivity contribution in [3.63, 3.8) is 0 Å². The van der Waals surface area contributed by atoms with Crippen LogP contribution < -0.4 is 10.9 Å². The Kier molecular flexibility index (Phi) is 4.84. The summed E-state index contributed by atoms with van der Waals surface area (Å²) in [6.07, 6.45) is 2.41. The third-order valence-corrected chi connectivity index (χ3v) is 2.38. The van der Waals surface area contributed by atoms with Crippen LogP contribution >= 0.6 is 0 Å². The second-order valence-corrected chi connectivity index (χ2v) is 3.58. The molecule has 1 rings (SSSR count). The van der Waals surface area contributed by atoms with Crippen molar-refractivity contribution >= 4 is 5.91 Å². The number of hydrogen-bond donors (Lipinski definition) is 2. The van der Waals surface area contributed by atoms with Gasteiger partial charge in [0, 0.05) is 13.5 Å². The Morgan fingerprint density at radius 1 is 1.33 bits per heavy atom. The number of hydrazine groups is 1. The number of nitrogens with one attached hydrogen (secondary N) is 2. The average molecular weight is 206 g/mol. The molecule has 0 aliphatic rings. The van der Waals surface area contributed by atoms with Crippen LogP contribution in [0.1, 0.15) is 24.0 Å². The van der Waals surface area contributed by atoms with E-state index in [1.54, 1.807) is 7.05 Å². The molecular weight excluding hydrogens is 188 g/mol. The highest BCUT2D eigenvalue weighted by molar-refractivity contribution is 5.75. The molecule has 0 radical (unpaired) electrons. The minimum Gasteiger partial charge on any atom is -0.292 e. The summed E-state index contributed by atoms with van der Waals surface area (Å²) in [5.41, 5.74) is 7.81. The van der Waals surface area contributed by atoms with Crippen LogP contribution in [0.4, 0.5) is 0 Å². The van der Waals surface area contributed by atoms with Crippen LogP contribution in [0, 0.1) is 6.92 Å². The third kappa shape index (κ3) is 4.13. The first-order valence-electron chi connectivity index (χ1n) is 5.24. The van der Waals surface area contributed by atoms with Gasteiger partial charge in [0.15, 0.2) is 0 Å². The van der Waals surface area contributed by atoms with Crippen LogP contribution in [-0.2, 0) is 11.2 Å². The molecule has 0 spiro atoms. The van der Waals surface area contributed by atoms with E-state index in [1.807, 2.05) is 12.1 Å². The normalized spacial score (nSPS) is 10.0. The maximum atomic E-state index is 11.1. The molecule has 82 valence electrons. The summed E-state index contributed by atoms with van der Waals surface area (Å²) in [5.74, 6) is 0.0473. The van der Waals surface area contributed by atoms with E-state index in [0.29, 0.717) is 6.42 Å². The van der Waals surface area contributed by atoms with Gasteiger partial charge >= 0.3 is 0 Å². The van der Waals surface area contributed by atoms with Gasteiger partial charge in [-0.15, -0.1) is 0 Å². The Morgan fingerprint density at radius 2 is 2.07 bits per heavy atom. The van der Waals surface area contributed by atoms with Crippen LogP contribution in [0.5, 0.6) is 0 Å². The third-order valence-electron chi connectivity index (χ3n) is 2.38. The number of benzene rings is 1. The van der Waals surface area contributed by atoms with Gasteiger partial charge in [-0.25, -0.2) is 5.43 Å². The van der Waals surface area contributed by atoms with E-state index in [2.05, 4.69) is 29.9 Å². The van der Waals surface area contributed by atoms with Crippen molar-refractivity contribution in [3.8, 4) is 0 Å². The Bertz CT molecular complexity index is 323. The Balaban J connectivity index is 2.32. The van der Waals surface area contributed by atoms with Gasteiger partial charge in [0.1, 0.15) is 0 Å². The van der Waals surface area contributed by atoms with E-state index in [1.165, 1.54) is 11.1 Å². The number of carbonyl (C=O) groups is 1. The summed E-state index contributed by atoms with van der Waals surface area (Å²) in [6, 6.07) is 8.29. The van der Waals surface area contributed by atoms with Gasteiger partial charge in [0.25, 0.3) is 0 Å². The summed E-state index contributed by atoms with van der Waals surface area (Å²) in [4.78, 5) is 11.1. The molecule has 0 atom stereocenters. The van der Waals surface area contributed by atoms with E-state index < -0.39 is 0 Å². The summed E-state index contributed by atoms with van der Waals surface area (Å²) >= 11 is 0. The second kappa shape index (κ2) is 6.19. The minimum absolute atomic E-state index is 0.0473. The zero-order valence-corrected chi connectivity index (χ0v) is 9.34. The Labute approximate surface area is 90.9 Å². The number of carbonyl (C=O) groups excluding carboxylic acids is 1. The standard InChI is InChI=1S/C12H18N2O/c1-10-6-3-4-7-11(10)8-5-9-12(15)14-13-2/h3-4,6-7,13H,5,8-9H2,1-2H3,(H,14,15). The lowest BCUT2D eigenvalue weighted by atomic mass is 10.0. The second-order valence-electron chi connectivity index (χ2n) is 3.58. The van der Waals surface area contributed by atoms with Gasteiger partial charge in [-0.05, 0) is 30.9 Å². The van der Waals surface area contributed by atoms with Crippen LogP contribution in [0.15, 0.2) is 24.3 Å². The Morgan fingerprint density at radius 3 is 2.73 bits per heavy atom. The zero-order valence-electron chi connectivity index (χ0n) is 9.34. The molecule has 3 heteroatoms. The lowest BCUT2D eigenvalue weighted by Gasteiger charge is -2.05. The summed E-state index contributed by atoms with van der Waals surface area (Å²) in [7, 11) is 1.69. The molecule has 15 heavy (non-hydrogen) atoms. The molecule has 1 aromatic carbocycles. The molecule has 0 fully saturated rings. The molecule has 0 unspecified atom stereocenters. The first-order valence-corrected chi connectivity index (χ1v) is 5.24. The molecule has 0 saturated carbocycles. The molecule has 1 aromatic rings. The molecule has 0 bridgehead atoms. The van der Waals surface area contributed by atoms with Gasteiger partial charge in [-0.1, -0.05) is 24.3 Å².